The minimum atomic E-state index is -2.76. The summed E-state index contributed by atoms with van der Waals surface area (Å²) in [5.41, 5.74) is 1.59. The highest BCUT2D eigenvalue weighted by Gasteiger charge is 2.27. The number of carbonyl (C=O) groups excluding carboxylic acids is 1. The third-order valence-electron chi connectivity index (χ3n) is 5.29. The molecule has 0 aliphatic carbocycles. The number of hydrogen-bond donors (Lipinski definition) is 2. The number of anilines is 2. The van der Waals surface area contributed by atoms with Gasteiger partial charge in [-0.1, -0.05) is 29.5 Å². The first-order valence-electron chi connectivity index (χ1n) is 9.69. The zero-order valence-corrected chi connectivity index (χ0v) is 17.0. The summed E-state index contributed by atoms with van der Waals surface area (Å²) in [5.74, 6) is -1.02. The number of hydrogen-bond acceptors (Lipinski definition) is 4. The fourth-order valence-corrected chi connectivity index (χ4v) is 4.79. The molecule has 0 saturated carbocycles. The molecule has 0 radical (unpaired) electrons. The molecule has 31 heavy (non-hydrogen) atoms. The first-order chi connectivity index (χ1) is 15.0. The molecule has 1 aliphatic rings. The van der Waals surface area contributed by atoms with Gasteiger partial charge < -0.3 is 15.2 Å². The number of halogens is 3. The van der Waals surface area contributed by atoms with E-state index in [4.69, 9.17) is 0 Å². The Bertz CT molecular complexity index is 1270. The van der Waals surface area contributed by atoms with Gasteiger partial charge in [-0.2, -0.15) is 0 Å². The Morgan fingerprint density at radius 1 is 1.19 bits per heavy atom. The second-order valence-electron chi connectivity index (χ2n) is 7.27. The molecule has 0 bridgehead atoms. The molecule has 158 valence electrons. The summed E-state index contributed by atoms with van der Waals surface area (Å²) in [7, 11) is 0. The van der Waals surface area contributed by atoms with Crippen molar-refractivity contribution in [3.63, 3.8) is 0 Å². The Morgan fingerprint density at radius 3 is 2.77 bits per heavy atom. The van der Waals surface area contributed by atoms with Crippen LogP contribution in [0, 0.1) is 5.82 Å². The Morgan fingerprint density at radius 2 is 2.00 bits per heavy atom. The Labute approximate surface area is 179 Å². The first-order valence-corrected chi connectivity index (χ1v) is 10.5. The van der Waals surface area contributed by atoms with Gasteiger partial charge >= 0.3 is 0 Å². The van der Waals surface area contributed by atoms with Gasteiger partial charge in [0, 0.05) is 34.5 Å². The minimum absolute atomic E-state index is 0.0307. The highest BCUT2D eigenvalue weighted by molar-refractivity contribution is 7.15. The fourth-order valence-electron chi connectivity index (χ4n) is 3.75. The molecule has 0 fully saturated rings. The van der Waals surface area contributed by atoms with Crippen LogP contribution in [-0.2, 0) is 13.0 Å². The number of H-pyrrole nitrogens is 1. The molecule has 0 unspecified atom stereocenters. The summed E-state index contributed by atoms with van der Waals surface area (Å²) in [5, 5.41) is 4.04. The van der Waals surface area contributed by atoms with Crippen LogP contribution in [0.2, 0.25) is 0 Å². The van der Waals surface area contributed by atoms with Gasteiger partial charge in [0.15, 0.2) is 5.13 Å². The maximum absolute atomic E-state index is 14.1. The molecule has 3 heterocycles. The van der Waals surface area contributed by atoms with E-state index >= 15 is 0 Å². The molecule has 0 spiro atoms. The van der Waals surface area contributed by atoms with Gasteiger partial charge in [-0.25, -0.2) is 18.2 Å². The van der Waals surface area contributed by atoms with E-state index in [1.165, 1.54) is 17.4 Å². The molecule has 2 N–H and O–H groups in total. The fraction of sp³-hybridized carbons (Fsp3) is 0.182. The van der Waals surface area contributed by atoms with Crippen molar-refractivity contribution in [3.05, 3.63) is 76.2 Å². The van der Waals surface area contributed by atoms with Crippen molar-refractivity contribution in [1.29, 1.82) is 0 Å². The summed E-state index contributed by atoms with van der Waals surface area (Å²) in [6.07, 6.45) is -2.17. The molecular weight excluding hydrogens is 425 g/mol. The molecule has 1 aliphatic heterocycles. The normalized spacial score (nSPS) is 13.6. The predicted octanol–water partition coefficient (Wildman–Crippen LogP) is 5.64. The van der Waals surface area contributed by atoms with Crippen LogP contribution in [0.3, 0.4) is 0 Å². The number of nitrogens with one attached hydrogen (secondary N) is 2. The average Bonchev–Trinajstić information content (AvgIpc) is 3.38. The number of benzene rings is 2. The van der Waals surface area contributed by atoms with Crippen LogP contribution >= 0.6 is 11.3 Å². The van der Waals surface area contributed by atoms with Crippen LogP contribution in [0.4, 0.5) is 24.0 Å². The van der Waals surface area contributed by atoms with Crippen LogP contribution < -0.4 is 5.32 Å². The van der Waals surface area contributed by atoms with E-state index in [0.29, 0.717) is 19.5 Å². The zero-order valence-electron chi connectivity index (χ0n) is 16.2. The maximum atomic E-state index is 14.1. The standard InChI is InChI=1S/C22H17F3N4OS/c23-15-7-6-13(20(24)25)14-10-17(27-19(14)15)21(30)29-9-8-16-18(11-29)31-22(28-16)26-12-4-2-1-3-5-12/h1-7,10,20,27H,8-9,11H2,(H,26,28). The number of aromatic nitrogens is 2. The summed E-state index contributed by atoms with van der Waals surface area (Å²) in [6, 6.07) is 13.0. The topological polar surface area (TPSA) is 61.0 Å². The molecule has 0 atom stereocenters. The molecule has 4 aromatic rings. The maximum Gasteiger partial charge on any atom is 0.270 e. The number of rotatable bonds is 4. The lowest BCUT2D eigenvalue weighted by Gasteiger charge is -2.25. The molecule has 5 nitrogen and oxygen atoms in total. The number of aromatic amines is 1. The Balaban J connectivity index is 1.38. The van der Waals surface area contributed by atoms with E-state index in [0.717, 1.165) is 33.5 Å². The van der Waals surface area contributed by atoms with Crippen LogP contribution in [0.1, 0.15) is 33.0 Å². The van der Waals surface area contributed by atoms with Crippen LogP contribution in [0.15, 0.2) is 48.5 Å². The molecule has 9 heteroatoms. The second-order valence-corrected chi connectivity index (χ2v) is 8.35. The average molecular weight is 442 g/mol. The van der Waals surface area contributed by atoms with Crippen molar-refractivity contribution in [1.82, 2.24) is 14.9 Å². The van der Waals surface area contributed by atoms with Gasteiger partial charge in [-0.15, -0.1) is 0 Å². The van der Waals surface area contributed by atoms with E-state index < -0.39 is 12.2 Å². The van der Waals surface area contributed by atoms with Gasteiger partial charge in [0.25, 0.3) is 12.3 Å². The van der Waals surface area contributed by atoms with Crippen LogP contribution in [0.25, 0.3) is 10.9 Å². The van der Waals surface area contributed by atoms with E-state index in [9.17, 15) is 18.0 Å². The van der Waals surface area contributed by atoms with Crippen molar-refractivity contribution in [2.75, 3.05) is 11.9 Å². The van der Waals surface area contributed by atoms with Crippen LogP contribution in [0.5, 0.6) is 0 Å². The highest BCUT2D eigenvalue weighted by atomic mass is 32.1. The molecular formula is C22H17F3N4OS. The smallest absolute Gasteiger partial charge is 0.270 e. The molecule has 1 amide bonds. The summed E-state index contributed by atoms with van der Waals surface area (Å²) >= 11 is 1.47. The minimum Gasteiger partial charge on any atom is -0.348 e. The molecule has 0 saturated heterocycles. The number of thiazole rings is 1. The lowest BCUT2D eigenvalue weighted by molar-refractivity contribution is 0.0731. The van der Waals surface area contributed by atoms with Crippen molar-refractivity contribution in [2.24, 2.45) is 0 Å². The third-order valence-corrected chi connectivity index (χ3v) is 6.28. The molecule has 2 aromatic heterocycles. The molecule has 5 rings (SSSR count). The zero-order chi connectivity index (χ0) is 21.5. The summed E-state index contributed by atoms with van der Waals surface area (Å²) in [6.45, 7) is 0.807. The van der Waals surface area contributed by atoms with Gasteiger partial charge in [-0.3, -0.25) is 4.79 Å². The van der Waals surface area contributed by atoms with Crippen molar-refractivity contribution < 1.29 is 18.0 Å². The van der Waals surface area contributed by atoms with E-state index in [-0.39, 0.29) is 28.1 Å². The Kier molecular flexibility index (Phi) is 4.90. The van der Waals surface area contributed by atoms with Gasteiger partial charge in [0.1, 0.15) is 11.5 Å². The number of fused-ring (bicyclic) bond motifs is 2. The SMILES string of the molecule is O=C(c1cc2c(C(F)F)ccc(F)c2[nH]1)N1CCc2nc(Nc3ccccc3)sc2C1. The van der Waals surface area contributed by atoms with E-state index in [2.05, 4.69) is 15.3 Å². The summed E-state index contributed by atoms with van der Waals surface area (Å²) < 4.78 is 40.7. The predicted molar refractivity (Wildman–Crippen MR) is 113 cm³/mol. The lowest BCUT2D eigenvalue weighted by atomic mass is 10.1. The van der Waals surface area contributed by atoms with Crippen molar-refractivity contribution >= 4 is 39.0 Å². The third kappa shape index (κ3) is 3.65. The second kappa shape index (κ2) is 7.73. The number of amides is 1. The number of alkyl halides is 2. The number of para-hydroxylation sites is 1. The first kappa shape index (κ1) is 19.6. The van der Waals surface area contributed by atoms with Gasteiger partial charge in [0.05, 0.1) is 17.8 Å². The monoisotopic (exact) mass is 442 g/mol. The number of nitrogens with zero attached hydrogens (tertiary/aromatic N) is 2. The van der Waals surface area contributed by atoms with E-state index in [1.807, 2.05) is 30.3 Å². The van der Waals surface area contributed by atoms with Gasteiger partial charge in [-0.05, 0) is 30.3 Å². The molecule has 2 aromatic carbocycles. The van der Waals surface area contributed by atoms with E-state index in [1.54, 1.807) is 4.90 Å². The highest BCUT2D eigenvalue weighted by Crippen LogP contribution is 2.33. The van der Waals surface area contributed by atoms with Crippen molar-refractivity contribution in [3.8, 4) is 0 Å². The Hall–Kier alpha value is -3.33. The number of carbonyl (C=O) groups is 1. The summed E-state index contributed by atoms with van der Waals surface area (Å²) in [4.78, 5) is 22.9. The quantitative estimate of drug-likeness (QED) is 0.430. The van der Waals surface area contributed by atoms with Crippen LogP contribution in [-0.4, -0.2) is 27.3 Å². The van der Waals surface area contributed by atoms with Gasteiger partial charge in [0.2, 0.25) is 0 Å². The van der Waals surface area contributed by atoms with Crippen molar-refractivity contribution in [2.45, 2.75) is 19.4 Å². The largest absolute Gasteiger partial charge is 0.348 e. The lowest BCUT2D eigenvalue weighted by Crippen LogP contribution is -2.35.